The smallest absolute Gasteiger partial charge is 0.269 e. The Bertz CT molecular complexity index is 734. The van der Waals surface area contributed by atoms with E-state index in [1.54, 1.807) is 24.3 Å². The van der Waals surface area contributed by atoms with Crippen LogP contribution in [0.1, 0.15) is 23.2 Å². The fourth-order valence-corrected chi connectivity index (χ4v) is 2.71. The van der Waals surface area contributed by atoms with Gasteiger partial charge in [0.2, 0.25) is 0 Å². The zero-order valence-corrected chi connectivity index (χ0v) is 15.0. The predicted octanol–water partition coefficient (Wildman–Crippen LogP) is 2.17. The SMILES string of the molecule is Nc1c(NCC2CCCO2)ncnc1NNC(=O)c1ccc(Br)cc1. The van der Waals surface area contributed by atoms with Crippen molar-refractivity contribution in [3.05, 3.63) is 40.6 Å². The quantitative estimate of drug-likeness (QED) is 0.543. The minimum absolute atomic E-state index is 0.169. The number of amides is 1. The summed E-state index contributed by atoms with van der Waals surface area (Å²) in [5.41, 5.74) is 12.2. The van der Waals surface area contributed by atoms with E-state index in [0.29, 0.717) is 29.4 Å². The summed E-state index contributed by atoms with van der Waals surface area (Å²) < 4.78 is 6.46. The average Bonchev–Trinajstić information content (AvgIpc) is 3.14. The monoisotopic (exact) mass is 406 g/mol. The number of aromatic nitrogens is 2. The molecule has 8 nitrogen and oxygen atoms in total. The Morgan fingerprint density at radius 3 is 2.76 bits per heavy atom. The molecule has 0 saturated carbocycles. The van der Waals surface area contributed by atoms with Gasteiger partial charge < -0.3 is 15.8 Å². The molecule has 0 bridgehead atoms. The Hall–Kier alpha value is -2.39. The molecule has 5 N–H and O–H groups in total. The van der Waals surface area contributed by atoms with Crippen LogP contribution in [-0.2, 0) is 4.74 Å². The van der Waals surface area contributed by atoms with E-state index in [1.165, 1.54) is 6.33 Å². The van der Waals surface area contributed by atoms with Gasteiger partial charge in [-0.15, -0.1) is 0 Å². The number of nitrogens with two attached hydrogens (primary N) is 1. The number of hydrazine groups is 1. The van der Waals surface area contributed by atoms with E-state index >= 15 is 0 Å². The number of hydrogen-bond donors (Lipinski definition) is 4. The molecule has 9 heteroatoms. The Morgan fingerprint density at radius 1 is 1.28 bits per heavy atom. The van der Waals surface area contributed by atoms with Crippen molar-refractivity contribution in [3.8, 4) is 0 Å². The van der Waals surface area contributed by atoms with E-state index in [0.717, 1.165) is 23.9 Å². The molecule has 2 aromatic rings. The minimum Gasteiger partial charge on any atom is -0.393 e. The fraction of sp³-hybridized carbons (Fsp3) is 0.312. The Morgan fingerprint density at radius 2 is 2.04 bits per heavy atom. The summed E-state index contributed by atoms with van der Waals surface area (Å²) in [4.78, 5) is 20.3. The van der Waals surface area contributed by atoms with Gasteiger partial charge >= 0.3 is 0 Å². The normalized spacial score (nSPS) is 16.4. The van der Waals surface area contributed by atoms with Gasteiger partial charge in [-0.2, -0.15) is 0 Å². The topological polar surface area (TPSA) is 114 Å². The molecule has 2 heterocycles. The molecule has 1 unspecified atom stereocenters. The number of nitrogens with zero attached hydrogens (tertiary/aromatic N) is 2. The molecule has 1 amide bonds. The molecule has 1 aromatic carbocycles. The van der Waals surface area contributed by atoms with Crippen LogP contribution in [0.15, 0.2) is 35.1 Å². The van der Waals surface area contributed by atoms with Crippen LogP contribution in [0.4, 0.5) is 17.3 Å². The number of rotatable bonds is 6. The lowest BCUT2D eigenvalue weighted by Crippen LogP contribution is -2.30. The number of anilines is 3. The van der Waals surface area contributed by atoms with Crippen LogP contribution in [0, 0.1) is 0 Å². The van der Waals surface area contributed by atoms with Gasteiger partial charge in [-0.25, -0.2) is 9.97 Å². The Balaban J connectivity index is 1.59. The molecule has 132 valence electrons. The molecule has 1 saturated heterocycles. The lowest BCUT2D eigenvalue weighted by molar-refractivity contribution is 0.0962. The van der Waals surface area contributed by atoms with Crippen LogP contribution < -0.4 is 21.9 Å². The highest BCUT2D eigenvalue weighted by Crippen LogP contribution is 2.22. The summed E-state index contributed by atoms with van der Waals surface area (Å²) in [5.74, 6) is 0.542. The maximum absolute atomic E-state index is 12.1. The van der Waals surface area contributed by atoms with Gasteiger partial charge in [0.1, 0.15) is 12.0 Å². The van der Waals surface area contributed by atoms with Crippen LogP contribution in [-0.4, -0.2) is 35.1 Å². The summed E-state index contributed by atoms with van der Waals surface area (Å²) in [6.07, 6.45) is 3.64. The van der Waals surface area contributed by atoms with Crippen LogP contribution in [0.3, 0.4) is 0 Å². The Kier molecular flexibility index (Phi) is 5.67. The first kappa shape index (κ1) is 17.4. The molecule has 3 rings (SSSR count). The number of benzene rings is 1. The summed E-state index contributed by atoms with van der Waals surface area (Å²) in [5, 5.41) is 3.16. The molecule has 1 aromatic heterocycles. The van der Waals surface area contributed by atoms with Gasteiger partial charge in [-0.1, -0.05) is 15.9 Å². The highest BCUT2D eigenvalue weighted by molar-refractivity contribution is 9.10. The third-order valence-electron chi connectivity index (χ3n) is 3.81. The molecule has 0 spiro atoms. The second kappa shape index (κ2) is 8.13. The first-order chi connectivity index (χ1) is 12.1. The second-order valence-corrected chi connectivity index (χ2v) is 6.50. The van der Waals surface area contributed by atoms with Crippen molar-refractivity contribution >= 4 is 39.2 Å². The molecular weight excluding hydrogens is 388 g/mol. The average molecular weight is 407 g/mol. The Labute approximate surface area is 153 Å². The third kappa shape index (κ3) is 4.58. The number of hydrogen-bond acceptors (Lipinski definition) is 7. The zero-order valence-electron chi connectivity index (χ0n) is 13.5. The van der Waals surface area contributed by atoms with Crippen molar-refractivity contribution in [2.75, 3.05) is 29.6 Å². The van der Waals surface area contributed by atoms with Crippen molar-refractivity contribution < 1.29 is 9.53 Å². The van der Waals surface area contributed by atoms with Crippen LogP contribution in [0.5, 0.6) is 0 Å². The fourth-order valence-electron chi connectivity index (χ4n) is 2.44. The van der Waals surface area contributed by atoms with Crippen molar-refractivity contribution in [2.24, 2.45) is 0 Å². The maximum Gasteiger partial charge on any atom is 0.269 e. The van der Waals surface area contributed by atoms with Crippen molar-refractivity contribution in [1.29, 1.82) is 0 Å². The lowest BCUT2D eigenvalue weighted by Gasteiger charge is -2.15. The molecule has 1 atom stereocenters. The minimum atomic E-state index is -0.292. The highest BCUT2D eigenvalue weighted by Gasteiger charge is 2.16. The molecule has 1 aliphatic rings. The third-order valence-corrected chi connectivity index (χ3v) is 4.33. The first-order valence-corrected chi connectivity index (χ1v) is 8.70. The highest BCUT2D eigenvalue weighted by atomic mass is 79.9. The molecular formula is C16H19BrN6O2. The largest absolute Gasteiger partial charge is 0.393 e. The predicted molar refractivity (Wildman–Crippen MR) is 99.1 cm³/mol. The second-order valence-electron chi connectivity index (χ2n) is 5.59. The summed E-state index contributed by atoms with van der Waals surface area (Å²) in [7, 11) is 0. The van der Waals surface area contributed by atoms with Crippen molar-refractivity contribution in [1.82, 2.24) is 15.4 Å². The molecule has 0 radical (unpaired) electrons. The van der Waals surface area contributed by atoms with E-state index in [1.807, 2.05) is 0 Å². The van der Waals surface area contributed by atoms with Gasteiger partial charge in [0.25, 0.3) is 5.91 Å². The number of ether oxygens (including phenoxy) is 1. The lowest BCUT2D eigenvalue weighted by atomic mass is 10.2. The molecule has 0 aliphatic carbocycles. The maximum atomic E-state index is 12.1. The van der Waals surface area contributed by atoms with Gasteiger partial charge in [0, 0.05) is 23.2 Å². The summed E-state index contributed by atoms with van der Waals surface area (Å²) in [6.45, 7) is 1.42. The number of nitrogen functional groups attached to an aromatic ring is 1. The first-order valence-electron chi connectivity index (χ1n) is 7.91. The van der Waals surface area contributed by atoms with Gasteiger partial charge in [-0.3, -0.25) is 15.6 Å². The van der Waals surface area contributed by atoms with Crippen LogP contribution >= 0.6 is 15.9 Å². The molecule has 1 fully saturated rings. The zero-order chi connectivity index (χ0) is 17.6. The number of carbonyl (C=O) groups excluding carboxylic acids is 1. The van der Waals surface area contributed by atoms with Gasteiger partial charge in [-0.05, 0) is 37.1 Å². The van der Waals surface area contributed by atoms with E-state index in [4.69, 9.17) is 10.5 Å². The van der Waals surface area contributed by atoms with Crippen molar-refractivity contribution in [3.63, 3.8) is 0 Å². The van der Waals surface area contributed by atoms with E-state index in [2.05, 4.69) is 42.1 Å². The van der Waals surface area contributed by atoms with E-state index in [-0.39, 0.29) is 12.0 Å². The van der Waals surface area contributed by atoms with E-state index in [9.17, 15) is 4.79 Å². The molecule has 25 heavy (non-hydrogen) atoms. The standard InChI is InChI=1S/C16H19BrN6O2/c17-11-5-3-10(4-6-11)16(24)23-22-15-13(18)14(20-9-21-15)19-8-12-2-1-7-25-12/h3-6,9,12H,1-2,7-8,18H2,(H,23,24)(H2,19,20,21,22). The number of nitrogens with one attached hydrogen (secondary N) is 3. The van der Waals surface area contributed by atoms with Crippen LogP contribution in [0.25, 0.3) is 0 Å². The summed E-state index contributed by atoms with van der Waals surface area (Å²) in [6, 6.07) is 7.00. The van der Waals surface area contributed by atoms with E-state index < -0.39 is 0 Å². The number of halogens is 1. The summed E-state index contributed by atoms with van der Waals surface area (Å²) >= 11 is 3.33. The number of carbonyl (C=O) groups is 1. The molecule has 1 aliphatic heterocycles. The van der Waals surface area contributed by atoms with Gasteiger partial charge in [0.15, 0.2) is 11.6 Å². The van der Waals surface area contributed by atoms with Crippen LogP contribution in [0.2, 0.25) is 0 Å². The van der Waals surface area contributed by atoms with Gasteiger partial charge in [0.05, 0.1) is 6.10 Å². The van der Waals surface area contributed by atoms with Crippen molar-refractivity contribution in [2.45, 2.75) is 18.9 Å².